The van der Waals surface area contributed by atoms with Crippen LogP contribution in [0.15, 0.2) is 5.16 Å². The van der Waals surface area contributed by atoms with Crippen LogP contribution in [0.2, 0.25) is 0 Å². The van der Waals surface area contributed by atoms with Gasteiger partial charge in [0.2, 0.25) is 11.9 Å². The quantitative estimate of drug-likeness (QED) is 0.362. The zero-order valence-electron chi connectivity index (χ0n) is 13.5. The number of rotatable bonds is 11. The van der Waals surface area contributed by atoms with Crippen molar-refractivity contribution >= 4 is 35.3 Å². The fourth-order valence-electron chi connectivity index (χ4n) is 1.73. The second-order valence-corrected chi connectivity index (χ2v) is 6.11. The Morgan fingerprint density at radius 2 is 1.95 bits per heavy atom. The number of aliphatic hydroxyl groups is 1. The van der Waals surface area contributed by atoms with Crippen molar-refractivity contribution in [1.29, 1.82) is 0 Å². The number of hydrogen-bond donors (Lipinski definition) is 2. The van der Waals surface area contributed by atoms with E-state index in [0.29, 0.717) is 22.8 Å². The maximum absolute atomic E-state index is 9.58. The van der Waals surface area contributed by atoms with Gasteiger partial charge in [-0.25, -0.2) is 0 Å². The molecule has 0 aliphatic rings. The van der Waals surface area contributed by atoms with Gasteiger partial charge in [0.05, 0.1) is 6.10 Å². The van der Waals surface area contributed by atoms with Crippen LogP contribution in [0.3, 0.4) is 0 Å². The predicted molar refractivity (Wildman–Crippen MR) is 94.2 cm³/mol. The molecule has 1 rings (SSSR count). The maximum Gasteiger partial charge on any atom is 0.231 e. The maximum atomic E-state index is 9.58. The molecule has 22 heavy (non-hydrogen) atoms. The number of hydrogen-bond acceptors (Lipinski definition) is 7. The van der Waals surface area contributed by atoms with E-state index in [1.807, 2.05) is 0 Å². The molecule has 1 atom stereocenters. The van der Waals surface area contributed by atoms with E-state index in [1.54, 1.807) is 0 Å². The van der Waals surface area contributed by atoms with Crippen LogP contribution in [0.5, 0.6) is 0 Å². The lowest BCUT2D eigenvalue weighted by Gasteiger charge is -2.19. The highest BCUT2D eigenvalue weighted by Gasteiger charge is 2.13. The number of nitrogens with zero attached hydrogens (tertiary/aromatic N) is 4. The van der Waals surface area contributed by atoms with Gasteiger partial charge in [-0.05, 0) is 20.3 Å². The number of anilines is 2. The van der Waals surface area contributed by atoms with E-state index in [0.717, 1.165) is 32.5 Å². The van der Waals surface area contributed by atoms with E-state index in [-0.39, 0.29) is 5.88 Å². The smallest absolute Gasteiger partial charge is 0.231 e. The topological polar surface area (TPSA) is 74.2 Å². The average Bonchev–Trinajstić information content (AvgIpc) is 2.54. The van der Waals surface area contributed by atoms with E-state index >= 15 is 0 Å². The summed E-state index contributed by atoms with van der Waals surface area (Å²) in [6.45, 7) is 8.80. The van der Waals surface area contributed by atoms with Gasteiger partial charge in [0.1, 0.15) is 0 Å². The number of thioether (sulfide) groups is 1. The second-order valence-electron chi connectivity index (χ2n) is 4.81. The fraction of sp³-hybridized carbons (Fsp3) is 0.786. The van der Waals surface area contributed by atoms with E-state index in [9.17, 15) is 5.11 Å². The Morgan fingerprint density at radius 3 is 2.55 bits per heavy atom. The summed E-state index contributed by atoms with van der Waals surface area (Å²) in [5.74, 6) is 1.94. The summed E-state index contributed by atoms with van der Waals surface area (Å²) in [6.07, 6.45) is 1.63. The third kappa shape index (κ3) is 6.54. The van der Waals surface area contributed by atoms with E-state index < -0.39 is 6.10 Å². The van der Waals surface area contributed by atoms with Crippen molar-refractivity contribution in [1.82, 2.24) is 15.0 Å². The first-order valence-corrected chi connectivity index (χ1v) is 9.28. The van der Waals surface area contributed by atoms with E-state index in [1.165, 1.54) is 11.8 Å². The average molecular weight is 348 g/mol. The van der Waals surface area contributed by atoms with Gasteiger partial charge in [0.15, 0.2) is 5.16 Å². The first kappa shape index (κ1) is 19.3. The lowest BCUT2D eigenvalue weighted by atomic mass is 10.3. The molecule has 0 saturated carbocycles. The Morgan fingerprint density at radius 1 is 1.23 bits per heavy atom. The van der Waals surface area contributed by atoms with Crippen LogP contribution in [0.4, 0.5) is 11.9 Å². The lowest BCUT2D eigenvalue weighted by molar-refractivity contribution is 0.223. The molecule has 1 aromatic heterocycles. The molecule has 0 spiro atoms. The number of alkyl halides is 1. The third-order valence-electron chi connectivity index (χ3n) is 3.05. The van der Waals surface area contributed by atoms with Gasteiger partial charge in [-0.15, -0.1) is 11.6 Å². The Balaban J connectivity index is 2.88. The van der Waals surface area contributed by atoms with Crippen molar-refractivity contribution in [3.05, 3.63) is 0 Å². The molecule has 0 saturated heterocycles. The van der Waals surface area contributed by atoms with Crippen LogP contribution in [0.25, 0.3) is 0 Å². The fourth-order valence-corrected chi connectivity index (χ4v) is 2.72. The lowest BCUT2D eigenvalue weighted by Crippen LogP contribution is -2.25. The summed E-state index contributed by atoms with van der Waals surface area (Å²) in [5.41, 5.74) is 0. The van der Waals surface area contributed by atoms with Crippen molar-refractivity contribution in [2.45, 2.75) is 44.9 Å². The van der Waals surface area contributed by atoms with Crippen molar-refractivity contribution in [2.75, 3.05) is 41.5 Å². The standard InChI is InChI=1S/C14H26ClN5OS/c1-4-7-8-16-12-17-13(20(5-2)6-3)19-14(18-12)22-10-11(21)9-15/h11,21H,4-10H2,1-3H3,(H,16,17,18,19). The highest BCUT2D eigenvalue weighted by Crippen LogP contribution is 2.19. The Labute approximate surface area is 142 Å². The summed E-state index contributed by atoms with van der Waals surface area (Å²) in [5, 5.41) is 13.4. The van der Waals surface area contributed by atoms with E-state index in [4.69, 9.17) is 11.6 Å². The molecule has 2 N–H and O–H groups in total. The number of aromatic nitrogens is 3. The second kappa shape index (κ2) is 10.9. The van der Waals surface area contributed by atoms with Crippen molar-refractivity contribution in [3.63, 3.8) is 0 Å². The van der Waals surface area contributed by atoms with Crippen LogP contribution in [-0.4, -0.2) is 57.4 Å². The first-order chi connectivity index (χ1) is 10.6. The molecule has 0 aromatic carbocycles. The summed E-state index contributed by atoms with van der Waals surface area (Å²) in [6, 6.07) is 0. The summed E-state index contributed by atoms with van der Waals surface area (Å²) >= 11 is 7.02. The van der Waals surface area contributed by atoms with E-state index in [2.05, 4.69) is 45.9 Å². The van der Waals surface area contributed by atoms with Gasteiger partial charge < -0.3 is 15.3 Å². The molecule has 0 radical (unpaired) electrons. The minimum atomic E-state index is -0.558. The molecule has 0 aliphatic carbocycles. The Bertz CT molecular complexity index is 434. The summed E-state index contributed by atoms with van der Waals surface area (Å²) < 4.78 is 0. The number of halogens is 1. The van der Waals surface area contributed by atoms with Crippen LogP contribution < -0.4 is 10.2 Å². The molecule has 126 valence electrons. The first-order valence-electron chi connectivity index (χ1n) is 7.76. The summed E-state index contributed by atoms with van der Waals surface area (Å²) in [7, 11) is 0. The van der Waals surface area contributed by atoms with Crippen LogP contribution in [-0.2, 0) is 0 Å². The van der Waals surface area contributed by atoms with Crippen molar-refractivity contribution in [2.24, 2.45) is 0 Å². The third-order valence-corrected chi connectivity index (χ3v) is 4.39. The minimum Gasteiger partial charge on any atom is -0.391 e. The minimum absolute atomic E-state index is 0.211. The molecule has 0 aliphatic heterocycles. The molecule has 0 fully saturated rings. The number of nitrogens with one attached hydrogen (secondary N) is 1. The predicted octanol–water partition coefficient (Wildman–Crippen LogP) is 2.62. The number of aliphatic hydroxyl groups excluding tert-OH is 1. The van der Waals surface area contributed by atoms with Gasteiger partial charge in [0, 0.05) is 31.3 Å². The zero-order valence-corrected chi connectivity index (χ0v) is 15.1. The molecule has 0 amide bonds. The molecule has 6 nitrogen and oxygen atoms in total. The Hall–Kier alpha value is -0.790. The highest BCUT2D eigenvalue weighted by atomic mass is 35.5. The molecular formula is C14H26ClN5OS. The SMILES string of the molecule is CCCCNc1nc(SCC(O)CCl)nc(N(CC)CC)n1. The van der Waals surface area contributed by atoms with Crippen molar-refractivity contribution in [3.8, 4) is 0 Å². The molecule has 1 unspecified atom stereocenters. The van der Waals surface area contributed by atoms with Gasteiger partial charge in [-0.1, -0.05) is 25.1 Å². The molecule has 8 heteroatoms. The Kier molecular flexibility index (Phi) is 9.50. The largest absolute Gasteiger partial charge is 0.391 e. The summed E-state index contributed by atoms with van der Waals surface area (Å²) in [4.78, 5) is 15.5. The molecular weight excluding hydrogens is 322 g/mol. The van der Waals surface area contributed by atoms with Gasteiger partial charge >= 0.3 is 0 Å². The highest BCUT2D eigenvalue weighted by molar-refractivity contribution is 7.99. The van der Waals surface area contributed by atoms with Gasteiger partial charge in [0.25, 0.3) is 0 Å². The van der Waals surface area contributed by atoms with Crippen molar-refractivity contribution < 1.29 is 5.11 Å². The number of unbranched alkanes of at least 4 members (excludes halogenated alkanes) is 1. The van der Waals surface area contributed by atoms with Gasteiger partial charge in [-0.3, -0.25) is 0 Å². The normalized spacial score (nSPS) is 12.2. The van der Waals surface area contributed by atoms with Crippen LogP contribution in [0.1, 0.15) is 33.6 Å². The van der Waals surface area contributed by atoms with Gasteiger partial charge in [-0.2, -0.15) is 15.0 Å². The van der Waals surface area contributed by atoms with Crippen LogP contribution >= 0.6 is 23.4 Å². The monoisotopic (exact) mass is 347 g/mol. The molecule has 0 bridgehead atoms. The zero-order chi connectivity index (χ0) is 16.4. The van der Waals surface area contributed by atoms with Crippen LogP contribution in [0, 0.1) is 0 Å². The molecule has 1 aromatic rings. The molecule has 1 heterocycles.